The molecule has 28 heavy (non-hydrogen) atoms. The Hall–Kier alpha value is -2.25. The summed E-state index contributed by atoms with van der Waals surface area (Å²) in [7, 11) is 0. The van der Waals surface area contributed by atoms with Gasteiger partial charge < -0.3 is 9.64 Å². The Morgan fingerprint density at radius 2 is 1.93 bits per heavy atom. The maximum atomic E-state index is 6.15. The van der Waals surface area contributed by atoms with E-state index in [1.807, 2.05) is 30.3 Å². The van der Waals surface area contributed by atoms with Crippen LogP contribution in [-0.2, 0) is 0 Å². The second-order valence-corrected chi connectivity index (χ2v) is 8.71. The Morgan fingerprint density at radius 1 is 1.11 bits per heavy atom. The fourth-order valence-corrected chi connectivity index (χ4v) is 4.21. The Kier molecular flexibility index (Phi) is 4.44. The summed E-state index contributed by atoms with van der Waals surface area (Å²) in [4.78, 5) is 6.97. The van der Waals surface area contributed by atoms with Gasteiger partial charge in [0.2, 0.25) is 0 Å². The molecule has 0 amide bonds. The lowest BCUT2D eigenvalue weighted by molar-refractivity contribution is 0.200. The van der Waals surface area contributed by atoms with Gasteiger partial charge in [0, 0.05) is 43.3 Å². The summed E-state index contributed by atoms with van der Waals surface area (Å²) in [6, 6.07) is 10.4. The molecule has 1 aliphatic carbocycles. The standard InChI is InChI=1S/C21H25N5OS/c1-21(6-7-21)27-16-3-4-18-17(14-16)20(24-23-18)15-5-8-22-19(13-15)25-9-11-26(28-2)12-10-25/h3-5,8,13-14H,6-7,9-12H2,1-2H3,(H,23,24). The molecule has 2 aromatic heterocycles. The SMILES string of the molecule is CSN1CCN(c2cc(-c3n[nH]c4ccc(OC5(C)CC5)cc34)ccn2)CC1. The highest BCUT2D eigenvalue weighted by Gasteiger charge is 2.40. The number of nitrogens with zero attached hydrogens (tertiary/aromatic N) is 4. The number of hydrogen-bond acceptors (Lipinski definition) is 6. The van der Waals surface area contributed by atoms with Crippen LogP contribution in [0, 0.1) is 0 Å². The summed E-state index contributed by atoms with van der Waals surface area (Å²) in [5, 5.41) is 8.84. The van der Waals surface area contributed by atoms with E-state index in [1.165, 1.54) is 0 Å². The molecule has 0 bridgehead atoms. The molecule has 2 fully saturated rings. The van der Waals surface area contributed by atoms with E-state index in [2.05, 4.69) is 55.8 Å². The van der Waals surface area contributed by atoms with Crippen molar-refractivity contribution >= 4 is 28.7 Å². The predicted molar refractivity (Wildman–Crippen MR) is 115 cm³/mol. The second kappa shape index (κ2) is 6.97. The smallest absolute Gasteiger partial charge is 0.129 e. The van der Waals surface area contributed by atoms with Gasteiger partial charge in [-0.25, -0.2) is 9.29 Å². The summed E-state index contributed by atoms with van der Waals surface area (Å²) >= 11 is 1.82. The summed E-state index contributed by atoms with van der Waals surface area (Å²) in [5.41, 5.74) is 3.07. The van der Waals surface area contributed by atoms with E-state index < -0.39 is 0 Å². The average Bonchev–Trinajstić information content (AvgIpc) is 3.30. The molecule has 1 aromatic carbocycles. The minimum absolute atomic E-state index is 0.0142. The van der Waals surface area contributed by atoms with E-state index >= 15 is 0 Å². The first kappa shape index (κ1) is 17.8. The van der Waals surface area contributed by atoms with Crippen LogP contribution >= 0.6 is 11.9 Å². The number of aromatic amines is 1. The number of nitrogens with one attached hydrogen (secondary N) is 1. The number of piperazine rings is 1. The number of ether oxygens (including phenoxy) is 1. The van der Waals surface area contributed by atoms with Crippen LogP contribution in [0.4, 0.5) is 5.82 Å². The fraction of sp³-hybridized carbons (Fsp3) is 0.429. The van der Waals surface area contributed by atoms with Crippen LogP contribution in [0.1, 0.15) is 19.8 Å². The van der Waals surface area contributed by atoms with Gasteiger partial charge in [0.1, 0.15) is 22.9 Å². The van der Waals surface area contributed by atoms with E-state index in [0.29, 0.717) is 0 Å². The van der Waals surface area contributed by atoms with Crippen LogP contribution in [0.5, 0.6) is 5.75 Å². The molecule has 2 aliphatic rings. The third kappa shape index (κ3) is 3.44. The third-order valence-corrected chi connectivity index (χ3v) is 6.57. The number of benzene rings is 1. The van der Waals surface area contributed by atoms with Gasteiger partial charge in [-0.15, -0.1) is 0 Å². The number of fused-ring (bicyclic) bond motifs is 1. The van der Waals surface area contributed by atoms with Crippen LogP contribution in [-0.4, -0.2) is 57.5 Å². The Morgan fingerprint density at radius 3 is 2.68 bits per heavy atom. The lowest BCUT2D eigenvalue weighted by Crippen LogP contribution is -2.43. The molecule has 1 aliphatic heterocycles. The molecule has 0 radical (unpaired) electrons. The van der Waals surface area contributed by atoms with Gasteiger partial charge >= 0.3 is 0 Å². The van der Waals surface area contributed by atoms with E-state index in [1.54, 1.807) is 0 Å². The molecule has 0 unspecified atom stereocenters. The van der Waals surface area contributed by atoms with Crippen molar-refractivity contribution in [3.8, 4) is 17.0 Å². The molecule has 1 saturated carbocycles. The first-order chi connectivity index (χ1) is 13.6. The van der Waals surface area contributed by atoms with Crippen LogP contribution in [0.2, 0.25) is 0 Å². The molecule has 1 N–H and O–H groups in total. The Balaban J connectivity index is 1.44. The summed E-state index contributed by atoms with van der Waals surface area (Å²) in [6.07, 6.45) is 6.28. The van der Waals surface area contributed by atoms with E-state index in [9.17, 15) is 0 Å². The van der Waals surface area contributed by atoms with Gasteiger partial charge in [0.05, 0.1) is 5.52 Å². The zero-order valence-corrected chi connectivity index (χ0v) is 17.1. The number of aromatic nitrogens is 3. The minimum atomic E-state index is 0.0142. The van der Waals surface area contributed by atoms with Gasteiger partial charge in [-0.3, -0.25) is 5.10 Å². The van der Waals surface area contributed by atoms with Gasteiger partial charge in [-0.05, 0) is 56.4 Å². The van der Waals surface area contributed by atoms with E-state index in [0.717, 1.165) is 72.7 Å². The van der Waals surface area contributed by atoms with Gasteiger partial charge in [-0.1, -0.05) is 11.9 Å². The van der Waals surface area contributed by atoms with Crippen LogP contribution < -0.4 is 9.64 Å². The normalized spacial score (nSPS) is 19.1. The number of rotatable bonds is 5. The summed E-state index contributed by atoms with van der Waals surface area (Å²) in [6.45, 7) is 6.26. The van der Waals surface area contributed by atoms with Crippen molar-refractivity contribution < 1.29 is 4.74 Å². The van der Waals surface area contributed by atoms with Crippen molar-refractivity contribution in [3.63, 3.8) is 0 Å². The monoisotopic (exact) mass is 395 g/mol. The summed E-state index contributed by atoms with van der Waals surface area (Å²) < 4.78 is 8.54. The highest BCUT2D eigenvalue weighted by Crippen LogP contribution is 2.40. The highest BCUT2D eigenvalue weighted by atomic mass is 32.2. The topological polar surface area (TPSA) is 57.3 Å². The molecular weight excluding hydrogens is 370 g/mol. The summed E-state index contributed by atoms with van der Waals surface area (Å²) in [5.74, 6) is 1.94. The van der Waals surface area contributed by atoms with E-state index in [-0.39, 0.29) is 5.60 Å². The lowest BCUT2D eigenvalue weighted by Gasteiger charge is -2.34. The second-order valence-electron chi connectivity index (χ2n) is 7.83. The van der Waals surface area contributed by atoms with Crippen molar-refractivity contribution in [1.29, 1.82) is 0 Å². The third-order valence-electron chi connectivity index (χ3n) is 5.69. The van der Waals surface area contributed by atoms with Crippen LogP contribution in [0.15, 0.2) is 36.5 Å². The number of pyridine rings is 1. The van der Waals surface area contributed by atoms with Crippen LogP contribution in [0.25, 0.3) is 22.2 Å². The van der Waals surface area contributed by atoms with Crippen molar-refractivity contribution in [2.75, 3.05) is 37.3 Å². The fourth-order valence-electron chi connectivity index (χ4n) is 3.68. The van der Waals surface area contributed by atoms with Crippen molar-refractivity contribution in [2.24, 2.45) is 0 Å². The quantitative estimate of drug-likeness (QED) is 0.660. The first-order valence-electron chi connectivity index (χ1n) is 9.81. The van der Waals surface area contributed by atoms with Gasteiger partial charge in [-0.2, -0.15) is 5.10 Å². The van der Waals surface area contributed by atoms with Gasteiger partial charge in [0.15, 0.2) is 0 Å². The molecule has 146 valence electrons. The molecule has 3 heterocycles. The molecule has 5 rings (SSSR count). The molecule has 0 atom stereocenters. The molecule has 0 spiro atoms. The number of H-pyrrole nitrogens is 1. The van der Waals surface area contributed by atoms with Crippen LogP contribution in [0.3, 0.4) is 0 Å². The maximum absolute atomic E-state index is 6.15. The largest absolute Gasteiger partial charge is 0.488 e. The number of hydrogen-bond donors (Lipinski definition) is 1. The molecular formula is C21H25N5OS. The molecule has 7 heteroatoms. The molecule has 3 aromatic rings. The predicted octanol–water partition coefficient (Wildman–Crippen LogP) is 3.96. The maximum Gasteiger partial charge on any atom is 0.129 e. The van der Waals surface area contributed by atoms with Crippen molar-refractivity contribution in [3.05, 3.63) is 36.5 Å². The van der Waals surface area contributed by atoms with Crippen molar-refractivity contribution in [1.82, 2.24) is 19.5 Å². The Bertz CT molecular complexity index is 991. The lowest BCUT2D eigenvalue weighted by atomic mass is 10.1. The van der Waals surface area contributed by atoms with E-state index in [4.69, 9.17) is 4.74 Å². The average molecular weight is 396 g/mol. The zero-order valence-electron chi connectivity index (χ0n) is 16.3. The molecule has 1 saturated heterocycles. The zero-order chi connectivity index (χ0) is 19.1. The highest BCUT2D eigenvalue weighted by molar-refractivity contribution is 7.96. The number of anilines is 1. The minimum Gasteiger partial charge on any atom is -0.488 e. The molecule has 6 nitrogen and oxygen atoms in total. The Labute approximate surface area is 169 Å². The first-order valence-corrected chi connectivity index (χ1v) is 11.0. The van der Waals surface area contributed by atoms with Gasteiger partial charge in [0.25, 0.3) is 0 Å². The van der Waals surface area contributed by atoms with Crippen molar-refractivity contribution in [2.45, 2.75) is 25.4 Å².